The molecule has 6 nitrogen and oxygen atoms in total. The quantitative estimate of drug-likeness (QED) is 0.835. The lowest BCUT2D eigenvalue weighted by atomic mass is 9.97. The Bertz CT molecular complexity index is 518. The largest absolute Gasteiger partial charge is 0.355 e. The van der Waals surface area contributed by atoms with E-state index in [2.05, 4.69) is 10.3 Å². The topological polar surface area (TPSA) is 88.3 Å². The van der Waals surface area contributed by atoms with Crippen LogP contribution in [0.25, 0.3) is 0 Å². The third-order valence-corrected chi connectivity index (χ3v) is 3.63. The number of amides is 2. The van der Waals surface area contributed by atoms with Crippen LogP contribution in [0.15, 0.2) is 18.2 Å². The van der Waals surface area contributed by atoms with Crippen LogP contribution < -0.4 is 11.1 Å². The maximum absolute atomic E-state index is 12.4. The van der Waals surface area contributed by atoms with Gasteiger partial charge in [0.2, 0.25) is 5.91 Å². The molecular weight excluding hydrogens is 268 g/mol. The predicted octanol–water partition coefficient (Wildman–Crippen LogP) is 0.317. The van der Waals surface area contributed by atoms with E-state index in [1.165, 1.54) is 0 Å². The highest BCUT2D eigenvalue weighted by molar-refractivity contribution is 5.93. The average molecular weight is 290 g/mol. The molecule has 1 atom stereocenters. The molecule has 2 amide bonds. The first-order valence-electron chi connectivity index (χ1n) is 7.32. The second-order valence-corrected chi connectivity index (χ2v) is 5.33. The minimum absolute atomic E-state index is 0.0184. The SMILES string of the molecule is Cc1cccc(C(=O)N2CCCC(C(=O)NCCN)C2)n1. The van der Waals surface area contributed by atoms with Crippen molar-refractivity contribution >= 4 is 11.8 Å². The Morgan fingerprint density at radius 1 is 1.48 bits per heavy atom. The summed E-state index contributed by atoms with van der Waals surface area (Å²) in [7, 11) is 0. The summed E-state index contributed by atoms with van der Waals surface area (Å²) in [4.78, 5) is 30.4. The molecule has 1 aliphatic rings. The van der Waals surface area contributed by atoms with Gasteiger partial charge in [0.15, 0.2) is 0 Å². The number of likely N-dealkylation sites (tertiary alicyclic amines) is 1. The third-order valence-electron chi connectivity index (χ3n) is 3.63. The summed E-state index contributed by atoms with van der Waals surface area (Å²) in [6.07, 6.45) is 1.64. The molecule has 1 saturated heterocycles. The molecule has 1 fully saturated rings. The number of nitrogens with one attached hydrogen (secondary N) is 1. The molecule has 1 aliphatic heterocycles. The summed E-state index contributed by atoms with van der Waals surface area (Å²) in [5, 5.41) is 2.79. The number of pyridine rings is 1. The molecule has 1 unspecified atom stereocenters. The van der Waals surface area contributed by atoms with Crippen molar-refractivity contribution in [2.24, 2.45) is 11.7 Å². The highest BCUT2D eigenvalue weighted by Gasteiger charge is 2.29. The van der Waals surface area contributed by atoms with Gasteiger partial charge in [-0.05, 0) is 31.9 Å². The van der Waals surface area contributed by atoms with Crippen LogP contribution in [0.5, 0.6) is 0 Å². The molecule has 0 radical (unpaired) electrons. The number of piperidine rings is 1. The Kier molecular flexibility index (Phi) is 5.27. The number of rotatable bonds is 4. The average Bonchev–Trinajstić information content (AvgIpc) is 2.52. The molecule has 0 aliphatic carbocycles. The molecule has 0 aromatic carbocycles. The Morgan fingerprint density at radius 3 is 3.00 bits per heavy atom. The zero-order valence-corrected chi connectivity index (χ0v) is 12.3. The summed E-state index contributed by atoms with van der Waals surface area (Å²) in [5.74, 6) is -0.274. The molecular formula is C15H22N4O2. The van der Waals surface area contributed by atoms with E-state index < -0.39 is 0 Å². The maximum Gasteiger partial charge on any atom is 0.272 e. The Labute approximate surface area is 124 Å². The first-order chi connectivity index (χ1) is 10.1. The van der Waals surface area contributed by atoms with Crippen LogP contribution in [0, 0.1) is 12.8 Å². The number of carbonyl (C=O) groups is 2. The van der Waals surface area contributed by atoms with Gasteiger partial charge in [0, 0.05) is 31.9 Å². The van der Waals surface area contributed by atoms with Crippen LogP contribution in [0.2, 0.25) is 0 Å². The van der Waals surface area contributed by atoms with Crippen molar-refractivity contribution in [3.8, 4) is 0 Å². The second kappa shape index (κ2) is 7.17. The smallest absolute Gasteiger partial charge is 0.272 e. The Balaban J connectivity index is 2.00. The van der Waals surface area contributed by atoms with Crippen molar-refractivity contribution < 1.29 is 9.59 Å². The summed E-state index contributed by atoms with van der Waals surface area (Å²) in [6.45, 7) is 3.88. The van der Waals surface area contributed by atoms with Gasteiger partial charge >= 0.3 is 0 Å². The molecule has 21 heavy (non-hydrogen) atoms. The number of nitrogens with zero attached hydrogens (tertiary/aromatic N) is 2. The van der Waals surface area contributed by atoms with Gasteiger partial charge in [-0.15, -0.1) is 0 Å². The molecule has 2 rings (SSSR count). The molecule has 0 saturated carbocycles. The van der Waals surface area contributed by atoms with E-state index in [0.29, 0.717) is 31.9 Å². The minimum atomic E-state index is -0.154. The number of hydrogen-bond acceptors (Lipinski definition) is 4. The molecule has 6 heteroatoms. The number of carbonyl (C=O) groups excluding carboxylic acids is 2. The Morgan fingerprint density at radius 2 is 2.29 bits per heavy atom. The second-order valence-electron chi connectivity index (χ2n) is 5.33. The van der Waals surface area contributed by atoms with E-state index >= 15 is 0 Å². The van der Waals surface area contributed by atoms with Crippen LogP contribution in [0.3, 0.4) is 0 Å². The lowest BCUT2D eigenvalue weighted by molar-refractivity contribution is -0.126. The molecule has 1 aromatic heterocycles. The van der Waals surface area contributed by atoms with E-state index in [9.17, 15) is 9.59 Å². The lowest BCUT2D eigenvalue weighted by Crippen LogP contribution is -2.46. The van der Waals surface area contributed by atoms with Crippen LogP contribution in [0.1, 0.15) is 29.0 Å². The summed E-state index contributed by atoms with van der Waals surface area (Å²) in [6, 6.07) is 5.40. The predicted molar refractivity (Wildman–Crippen MR) is 79.7 cm³/mol. The van der Waals surface area contributed by atoms with Gasteiger partial charge in [0.1, 0.15) is 5.69 Å². The van der Waals surface area contributed by atoms with E-state index in [4.69, 9.17) is 5.73 Å². The van der Waals surface area contributed by atoms with E-state index in [0.717, 1.165) is 18.5 Å². The summed E-state index contributed by atoms with van der Waals surface area (Å²) in [5.41, 5.74) is 6.64. The zero-order chi connectivity index (χ0) is 15.2. The number of hydrogen-bond donors (Lipinski definition) is 2. The molecule has 114 valence electrons. The first kappa shape index (κ1) is 15.4. The normalized spacial score (nSPS) is 18.4. The minimum Gasteiger partial charge on any atom is -0.355 e. The van der Waals surface area contributed by atoms with Crippen molar-refractivity contribution in [1.82, 2.24) is 15.2 Å². The lowest BCUT2D eigenvalue weighted by Gasteiger charge is -2.31. The zero-order valence-electron chi connectivity index (χ0n) is 12.3. The van der Waals surface area contributed by atoms with Gasteiger partial charge in [0.25, 0.3) is 5.91 Å². The van der Waals surface area contributed by atoms with Crippen LogP contribution in [0.4, 0.5) is 0 Å². The monoisotopic (exact) mass is 290 g/mol. The van der Waals surface area contributed by atoms with Crippen LogP contribution in [-0.2, 0) is 4.79 Å². The van der Waals surface area contributed by atoms with Crippen molar-refractivity contribution in [2.45, 2.75) is 19.8 Å². The first-order valence-corrected chi connectivity index (χ1v) is 7.32. The van der Waals surface area contributed by atoms with Crippen molar-refractivity contribution in [2.75, 3.05) is 26.2 Å². The van der Waals surface area contributed by atoms with Crippen LogP contribution in [-0.4, -0.2) is 47.9 Å². The van der Waals surface area contributed by atoms with Crippen LogP contribution >= 0.6 is 0 Å². The fourth-order valence-corrected chi connectivity index (χ4v) is 2.54. The molecule has 0 spiro atoms. The van der Waals surface area contributed by atoms with Gasteiger partial charge in [0.05, 0.1) is 5.92 Å². The molecule has 3 N–H and O–H groups in total. The standard InChI is InChI=1S/C15H22N4O2/c1-11-4-2-6-13(18-11)15(21)19-9-3-5-12(10-19)14(20)17-8-7-16/h2,4,6,12H,3,5,7-10,16H2,1H3,(H,17,20). The van der Waals surface area contributed by atoms with E-state index in [1.54, 1.807) is 11.0 Å². The van der Waals surface area contributed by atoms with Gasteiger partial charge in [-0.1, -0.05) is 6.07 Å². The van der Waals surface area contributed by atoms with Gasteiger partial charge in [-0.2, -0.15) is 0 Å². The van der Waals surface area contributed by atoms with Crippen molar-refractivity contribution in [3.05, 3.63) is 29.6 Å². The highest BCUT2D eigenvalue weighted by atomic mass is 16.2. The fraction of sp³-hybridized carbons (Fsp3) is 0.533. The van der Waals surface area contributed by atoms with E-state index in [1.807, 2.05) is 19.1 Å². The number of nitrogens with two attached hydrogens (primary N) is 1. The molecule has 2 heterocycles. The van der Waals surface area contributed by atoms with Crippen molar-refractivity contribution in [1.29, 1.82) is 0 Å². The summed E-state index contributed by atoms with van der Waals surface area (Å²) >= 11 is 0. The maximum atomic E-state index is 12.4. The Hall–Kier alpha value is -1.95. The number of aromatic nitrogens is 1. The third kappa shape index (κ3) is 4.01. The van der Waals surface area contributed by atoms with Gasteiger partial charge in [-0.25, -0.2) is 4.98 Å². The number of aryl methyl sites for hydroxylation is 1. The molecule has 1 aromatic rings. The summed E-state index contributed by atoms with van der Waals surface area (Å²) < 4.78 is 0. The van der Waals surface area contributed by atoms with Gasteiger partial charge in [-0.3, -0.25) is 9.59 Å². The van der Waals surface area contributed by atoms with E-state index in [-0.39, 0.29) is 17.7 Å². The van der Waals surface area contributed by atoms with Gasteiger partial charge < -0.3 is 16.0 Å². The van der Waals surface area contributed by atoms with Crippen molar-refractivity contribution in [3.63, 3.8) is 0 Å². The molecule has 0 bridgehead atoms. The highest BCUT2D eigenvalue weighted by Crippen LogP contribution is 2.18. The fourth-order valence-electron chi connectivity index (χ4n) is 2.54.